The second-order valence-corrected chi connectivity index (χ2v) is 6.37. The molecule has 3 N–H and O–H groups in total. The van der Waals surface area contributed by atoms with E-state index >= 15 is 0 Å². The van der Waals surface area contributed by atoms with Crippen molar-refractivity contribution in [3.05, 3.63) is 23.8 Å². The van der Waals surface area contributed by atoms with Gasteiger partial charge in [0.2, 0.25) is 0 Å². The zero-order valence-corrected chi connectivity index (χ0v) is 11.8. The topological polar surface area (TPSA) is 66.6 Å². The van der Waals surface area contributed by atoms with Crippen LogP contribution in [0.2, 0.25) is 0 Å². The van der Waals surface area contributed by atoms with E-state index in [1.54, 1.807) is 6.07 Å². The van der Waals surface area contributed by atoms with E-state index in [-0.39, 0.29) is 17.1 Å². The Labute approximate surface area is 114 Å². The second-order valence-electron chi connectivity index (χ2n) is 6.37. The van der Waals surface area contributed by atoms with Crippen LogP contribution in [-0.4, -0.2) is 29.0 Å². The minimum atomic E-state index is -0.0832. The van der Waals surface area contributed by atoms with Gasteiger partial charge < -0.3 is 15.7 Å². The summed E-state index contributed by atoms with van der Waals surface area (Å²) in [6.07, 6.45) is 1.02. The van der Waals surface area contributed by atoms with Crippen LogP contribution >= 0.6 is 0 Å². The molecule has 4 nitrogen and oxygen atoms in total. The number of anilines is 1. The Morgan fingerprint density at radius 3 is 2.68 bits per heavy atom. The molecular weight excluding hydrogens is 240 g/mol. The molecule has 0 saturated carbocycles. The fraction of sp³-hybridized carbons (Fsp3) is 0.533. The molecule has 1 aliphatic heterocycles. The van der Waals surface area contributed by atoms with Gasteiger partial charge in [-0.25, -0.2) is 0 Å². The van der Waals surface area contributed by atoms with E-state index in [0.29, 0.717) is 17.2 Å². The summed E-state index contributed by atoms with van der Waals surface area (Å²) in [5.74, 6) is 0.499. The Bertz CT molecular complexity index is 491. The van der Waals surface area contributed by atoms with Gasteiger partial charge in [-0.1, -0.05) is 20.8 Å². The van der Waals surface area contributed by atoms with Gasteiger partial charge in [0.05, 0.1) is 5.56 Å². The lowest BCUT2D eigenvalue weighted by Crippen LogP contribution is -2.31. The molecule has 19 heavy (non-hydrogen) atoms. The van der Waals surface area contributed by atoms with Crippen LogP contribution in [0.5, 0.6) is 5.75 Å². The van der Waals surface area contributed by atoms with Gasteiger partial charge in [-0.2, -0.15) is 0 Å². The van der Waals surface area contributed by atoms with Crippen molar-refractivity contribution in [1.29, 1.82) is 0 Å². The molecule has 1 amide bonds. The molecule has 4 heteroatoms. The first-order valence-corrected chi connectivity index (χ1v) is 6.67. The zero-order chi connectivity index (χ0) is 14.2. The molecule has 0 radical (unpaired) electrons. The van der Waals surface area contributed by atoms with Crippen LogP contribution in [0.3, 0.4) is 0 Å². The number of aromatic hydroxyl groups is 1. The normalized spacial score (nSPS) is 19.7. The highest BCUT2D eigenvalue weighted by Crippen LogP contribution is 2.34. The Morgan fingerprint density at radius 1 is 1.42 bits per heavy atom. The minimum absolute atomic E-state index is 0.0733. The summed E-state index contributed by atoms with van der Waals surface area (Å²) in [6, 6.07) is 4.51. The number of nitrogens with zero attached hydrogens (tertiary/aromatic N) is 1. The summed E-state index contributed by atoms with van der Waals surface area (Å²) in [5.41, 5.74) is 6.84. The number of carbonyl (C=O) groups is 1. The van der Waals surface area contributed by atoms with Crippen molar-refractivity contribution in [3.8, 4) is 5.75 Å². The van der Waals surface area contributed by atoms with Gasteiger partial charge in [0.25, 0.3) is 5.91 Å². The van der Waals surface area contributed by atoms with Gasteiger partial charge in [0.1, 0.15) is 5.75 Å². The van der Waals surface area contributed by atoms with Crippen LogP contribution < -0.4 is 5.73 Å². The number of phenols is 1. The van der Waals surface area contributed by atoms with E-state index < -0.39 is 0 Å². The first-order chi connectivity index (χ1) is 8.79. The molecule has 1 aromatic rings. The summed E-state index contributed by atoms with van der Waals surface area (Å²) in [4.78, 5) is 14.3. The van der Waals surface area contributed by atoms with Crippen LogP contribution in [-0.2, 0) is 0 Å². The summed E-state index contributed by atoms with van der Waals surface area (Å²) in [7, 11) is 0. The Hall–Kier alpha value is -1.71. The fourth-order valence-corrected chi connectivity index (χ4v) is 2.55. The SMILES string of the molecule is CC(C)(C)C1CCN(C(=O)c2cc(O)ccc2N)C1. The molecule has 0 aromatic heterocycles. The number of amides is 1. The molecule has 0 bridgehead atoms. The van der Waals surface area contributed by atoms with Crippen LogP contribution in [0.15, 0.2) is 18.2 Å². The predicted molar refractivity (Wildman–Crippen MR) is 76.0 cm³/mol. The number of hydrogen-bond donors (Lipinski definition) is 2. The van der Waals surface area contributed by atoms with Crippen molar-refractivity contribution in [3.63, 3.8) is 0 Å². The fourth-order valence-electron chi connectivity index (χ4n) is 2.55. The van der Waals surface area contributed by atoms with E-state index in [2.05, 4.69) is 20.8 Å². The molecule has 0 aliphatic carbocycles. The smallest absolute Gasteiger partial charge is 0.256 e. The largest absolute Gasteiger partial charge is 0.508 e. The Kier molecular flexibility index (Phi) is 3.43. The number of hydrogen-bond acceptors (Lipinski definition) is 3. The maximum Gasteiger partial charge on any atom is 0.256 e. The number of likely N-dealkylation sites (tertiary alicyclic amines) is 1. The highest BCUT2D eigenvalue weighted by atomic mass is 16.3. The Morgan fingerprint density at radius 2 is 2.11 bits per heavy atom. The summed E-state index contributed by atoms with van der Waals surface area (Å²) < 4.78 is 0. The summed E-state index contributed by atoms with van der Waals surface area (Å²) in [5, 5.41) is 9.48. The first kappa shape index (κ1) is 13.7. The van der Waals surface area contributed by atoms with E-state index in [9.17, 15) is 9.90 Å². The van der Waals surface area contributed by atoms with Gasteiger partial charge in [-0.15, -0.1) is 0 Å². The van der Waals surface area contributed by atoms with E-state index in [1.165, 1.54) is 12.1 Å². The third-order valence-electron chi connectivity index (χ3n) is 3.97. The van der Waals surface area contributed by atoms with Gasteiger partial charge >= 0.3 is 0 Å². The Balaban J connectivity index is 2.16. The number of phenolic OH excluding ortho intramolecular Hbond substituents is 1. The molecule has 1 heterocycles. The molecule has 1 aromatic carbocycles. The van der Waals surface area contributed by atoms with Crippen LogP contribution in [0, 0.1) is 11.3 Å². The standard InChI is InChI=1S/C15H22N2O2/c1-15(2,3)10-6-7-17(9-10)14(19)12-8-11(18)4-5-13(12)16/h4-5,8,10,18H,6-7,9,16H2,1-3H3. The molecule has 104 valence electrons. The van der Waals surface area contributed by atoms with Gasteiger partial charge in [0, 0.05) is 18.8 Å². The van der Waals surface area contributed by atoms with Gasteiger partial charge in [-0.3, -0.25) is 4.79 Å². The highest BCUT2D eigenvalue weighted by Gasteiger charge is 2.34. The summed E-state index contributed by atoms with van der Waals surface area (Å²) >= 11 is 0. The van der Waals surface area contributed by atoms with Gasteiger partial charge in [0.15, 0.2) is 0 Å². The third-order valence-corrected chi connectivity index (χ3v) is 3.97. The van der Waals surface area contributed by atoms with Crippen molar-refractivity contribution in [2.24, 2.45) is 11.3 Å². The van der Waals surface area contributed by atoms with E-state index in [0.717, 1.165) is 19.5 Å². The molecule has 1 aliphatic rings. The van der Waals surface area contributed by atoms with Crippen molar-refractivity contribution in [2.75, 3.05) is 18.8 Å². The predicted octanol–water partition coefficient (Wildman–Crippen LogP) is 2.48. The average Bonchev–Trinajstić information content (AvgIpc) is 2.80. The molecule has 1 saturated heterocycles. The lowest BCUT2D eigenvalue weighted by atomic mass is 9.80. The van der Waals surface area contributed by atoms with Crippen LogP contribution in [0.1, 0.15) is 37.6 Å². The number of nitrogens with two attached hydrogens (primary N) is 1. The van der Waals surface area contributed by atoms with Crippen LogP contribution in [0.25, 0.3) is 0 Å². The zero-order valence-electron chi connectivity index (χ0n) is 11.8. The maximum atomic E-state index is 12.4. The second kappa shape index (κ2) is 4.76. The van der Waals surface area contributed by atoms with Crippen LogP contribution in [0.4, 0.5) is 5.69 Å². The average molecular weight is 262 g/mol. The van der Waals surface area contributed by atoms with Crippen molar-refractivity contribution < 1.29 is 9.90 Å². The minimum Gasteiger partial charge on any atom is -0.508 e. The van der Waals surface area contributed by atoms with Crippen molar-refractivity contribution in [2.45, 2.75) is 27.2 Å². The number of carbonyl (C=O) groups excluding carboxylic acids is 1. The molecule has 2 rings (SSSR count). The van der Waals surface area contributed by atoms with E-state index in [4.69, 9.17) is 5.73 Å². The lowest BCUT2D eigenvalue weighted by molar-refractivity contribution is 0.0777. The number of nitrogen functional groups attached to an aromatic ring is 1. The summed E-state index contributed by atoms with van der Waals surface area (Å²) in [6.45, 7) is 8.13. The van der Waals surface area contributed by atoms with Crippen molar-refractivity contribution >= 4 is 11.6 Å². The van der Waals surface area contributed by atoms with Crippen molar-refractivity contribution in [1.82, 2.24) is 4.90 Å². The third kappa shape index (κ3) is 2.83. The molecule has 1 unspecified atom stereocenters. The first-order valence-electron chi connectivity index (χ1n) is 6.67. The lowest BCUT2D eigenvalue weighted by Gasteiger charge is -2.27. The molecular formula is C15H22N2O2. The maximum absolute atomic E-state index is 12.4. The van der Waals surface area contributed by atoms with E-state index in [1.807, 2.05) is 4.90 Å². The quantitative estimate of drug-likeness (QED) is 0.603. The monoisotopic (exact) mass is 262 g/mol. The number of rotatable bonds is 1. The molecule has 0 spiro atoms. The highest BCUT2D eigenvalue weighted by molar-refractivity contribution is 5.99. The molecule has 1 fully saturated rings. The molecule has 1 atom stereocenters. The van der Waals surface area contributed by atoms with Gasteiger partial charge in [-0.05, 0) is 36.0 Å². The number of benzene rings is 1.